The highest BCUT2D eigenvalue weighted by Gasteiger charge is 2.27. The molecule has 0 radical (unpaired) electrons. The third-order valence-electron chi connectivity index (χ3n) is 5.95. The molecule has 8 heteroatoms. The van der Waals surface area contributed by atoms with Crippen molar-refractivity contribution in [1.82, 2.24) is 10.1 Å². The molecule has 4 rings (SSSR count). The van der Waals surface area contributed by atoms with Crippen molar-refractivity contribution in [3.05, 3.63) is 65.2 Å². The van der Waals surface area contributed by atoms with Crippen LogP contribution in [0.5, 0.6) is 0 Å². The maximum atomic E-state index is 13.3. The molecule has 1 saturated heterocycles. The normalized spacial score (nSPS) is 13.6. The Balaban J connectivity index is 1.64. The Morgan fingerprint density at radius 2 is 1.94 bits per heavy atom. The highest BCUT2D eigenvalue weighted by molar-refractivity contribution is 6.30. The summed E-state index contributed by atoms with van der Waals surface area (Å²) in [5.74, 6) is 0.755. The number of piperidine rings is 1. The first-order chi connectivity index (χ1) is 16.7. The van der Waals surface area contributed by atoms with E-state index in [1.54, 1.807) is 24.1 Å². The van der Waals surface area contributed by atoms with E-state index in [2.05, 4.69) is 15.4 Å². The summed E-state index contributed by atoms with van der Waals surface area (Å²) in [6.07, 6.45) is 4.17. The SMILES string of the molecule is COCCCN(Cc1c(-c2ccccc2)noc1N1CCCCC1)C(=O)Nc1cccc(Cl)c1. The van der Waals surface area contributed by atoms with Crippen molar-refractivity contribution in [3.8, 4) is 11.3 Å². The van der Waals surface area contributed by atoms with Crippen LogP contribution in [0.25, 0.3) is 11.3 Å². The van der Waals surface area contributed by atoms with Crippen LogP contribution < -0.4 is 10.2 Å². The predicted octanol–water partition coefficient (Wildman–Crippen LogP) is 6.06. The van der Waals surface area contributed by atoms with Crippen LogP contribution in [0.4, 0.5) is 16.4 Å². The molecule has 2 amide bonds. The fraction of sp³-hybridized carbons (Fsp3) is 0.385. The Morgan fingerprint density at radius 3 is 2.68 bits per heavy atom. The monoisotopic (exact) mass is 482 g/mol. The molecule has 0 unspecified atom stereocenters. The number of carbonyl (C=O) groups excluding carboxylic acids is 1. The molecule has 1 fully saturated rings. The van der Waals surface area contributed by atoms with E-state index < -0.39 is 0 Å². The molecule has 2 heterocycles. The molecule has 3 aromatic rings. The maximum absolute atomic E-state index is 13.3. The largest absolute Gasteiger partial charge is 0.385 e. The highest BCUT2D eigenvalue weighted by atomic mass is 35.5. The van der Waals surface area contributed by atoms with Gasteiger partial charge in [0.25, 0.3) is 0 Å². The van der Waals surface area contributed by atoms with Gasteiger partial charge in [0.15, 0.2) is 0 Å². The first-order valence-corrected chi connectivity index (χ1v) is 12.1. The first kappa shape index (κ1) is 24.1. The number of anilines is 2. The number of hydrogen-bond acceptors (Lipinski definition) is 5. The number of nitrogens with one attached hydrogen (secondary N) is 1. The summed E-state index contributed by atoms with van der Waals surface area (Å²) in [7, 11) is 1.67. The number of nitrogens with zero attached hydrogens (tertiary/aromatic N) is 3. The molecular formula is C26H31ClN4O3. The molecule has 0 atom stereocenters. The van der Waals surface area contributed by atoms with Crippen molar-refractivity contribution in [2.75, 3.05) is 43.6 Å². The first-order valence-electron chi connectivity index (χ1n) is 11.7. The summed E-state index contributed by atoms with van der Waals surface area (Å²) in [5, 5.41) is 8.00. The molecule has 0 aliphatic carbocycles. The van der Waals surface area contributed by atoms with E-state index in [1.807, 2.05) is 42.5 Å². The summed E-state index contributed by atoms with van der Waals surface area (Å²) >= 11 is 6.11. The average Bonchev–Trinajstić information content (AvgIpc) is 3.28. The minimum atomic E-state index is -0.205. The fourth-order valence-corrected chi connectivity index (χ4v) is 4.41. The zero-order valence-corrected chi connectivity index (χ0v) is 20.3. The molecule has 2 aromatic carbocycles. The van der Waals surface area contributed by atoms with Crippen LogP contribution in [0.3, 0.4) is 0 Å². The molecule has 34 heavy (non-hydrogen) atoms. The fourth-order valence-electron chi connectivity index (χ4n) is 4.22. The second-order valence-electron chi connectivity index (χ2n) is 8.44. The molecule has 1 aliphatic rings. The van der Waals surface area contributed by atoms with Crippen LogP contribution in [-0.4, -0.2) is 49.4 Å². The Hall–Kier alpha value is -3.03. The number of methoxy groups -OCH3 is 1. The van der Waals surface area contributed by atoms with E-state index in [1.165, 1.54) is 6.42 Å². The number of aromatic nitrogens is 1. The third kappa shape index (κ3) is 6.10. The molecule has 180 valence electrons. The predicted molar refractivity (Wildman–Crippen MR) is 135 cm³/mol. The van der Waals surface area contributed by atoms with Crippen LogP contribution in [-0.2, 0) is 11.3 Å². The second kappa shape index (κ2) is 11.9. The van der Waals surface area contributed by atoms with Crippen LogP contribution in [0.15, 0.2) is 59.1 Å². The molecule has 7 nitrogen and oxygen atoms in total. The number of urea groups is 1. The van der Waals surface area contributed by atoms with Crippen molar-refractivity contribution >= 4 is 29.2 Å². The van der Waals surface area contributed by atoms with E-state index in [-0.39, 0.29) is 6.03 Å². The minimum absolute atomic E-state index is 0.205. The summed E-state index contributed by atoms with van der Waals surface area (Å²) < 4.78 is 11.1. The smallest absolute Gasteiger partial charge is 0.322 e. The molecule has 0 spiro atoms. The molecule has 1 aliphatic heterocycles. The number of carbonyl (C=O) groups is 1. The van der Waals surface area contributed by atoms with Crippen LogP contribution in [0.2, 0.25) is 5.02 Å². The summed E-state index contributed by atoms with van der Waals surface area (Å²) in [6.45, 7) is 3.31. The lowest BCUT2D eigenvalue weighted by atomic mass is 10.1. The van der Waals surface area contributed by atoms with Gasteiger partial charge in [-0.3, -0.25) is 0 Å². The van der Waals surface area contributed by atoms with Crippen molar-refractivity contribution in [3.63, 3.8) is 0 Å². The standard InChI is InChI=1S/C26H31ClN4O3/c1-33-17-9-16-31(26(32)28-22-13-8-12-21(27)18-22)19-23-24(20-10-4-2-5-11-20)29-34-25(23)30-14-6-3-7-15-30/h2,4-5,8,10-13,18H,3,6-7,9,14-17,19H2,1H3,(H,28,32). The van der Waals surface area contributed by atoms with E-state index in [4.69, 9.17) is 20.9 Å². The third-order valence-corrected chi connectivity index (χ3v) is 6.18. The number of rotatable bonds is 9. The Kier molecular flexibility index (Phi) is 8.44. The Labute approximate surface area is 205 Å². The van der Waals surface area contributed by atoms with Gasteiger partial charge in [0.1, 0.15) is 5.69 Å². The minimum Gasteiger partial charge on any atom is -0.385 e. The lowest BCUT2D eigenvalue weighted by molar-refractivity contribution is 0.171. The van der Waals surface area contributed by atoms with Gasteiger partial charge in [0.05, 0.1) is 12.1 Å². The van der Waals surface area contributed by atoms with Gasteiger partial charge in [-0.15, -0.1) is 0 Å². The van der Waals surface area contributed by atoms with Gasteiger partial charge >= 0.3 is 6.03 Å². The lowest BCUT2D eigenvalue weighted by Crippen LogP contribution is -2.37. The zero-order valence-electron chi connectivity index (χ0n) is 19.5. The molecular weight excluding hydrogens is 452 g/mol. The Bertz CT molecular complexity index is 1070. The van der Waals surface area contributed by atoms with E-state index >= 15 is 0 Å². The van der Waals surface area contributed by atoms with Crippen LogP contribution >= 0.6 is 11.6 Å². The van der Waals surface area contributed by atoms with Gasteiger partial charge in [-0.1, -0.05) is 53.2 Å². The number of benzene rings is 2. The number of ether oxygens (including phenoxy) is 1. The summed E-state index contributed by atoms with van der Waals surface area (Å²) in [4.78, 5) is 17.4. The van der Waals surface area contributed by atoms with Gasteiger partial charge in [-0.25, -0.2) is 4.79 Å². The lowest BCUT2D eigenvalue weighted by Gasteiger charge is -2.28. The number of amides is 2. The number of hydrogen-bond donors (Lipinski definition) is 1. The van der Waals surface area contributed by atoms with Crippen molar-refractivity contribution < 1.29 is 14.1 Å². The topological polar surface area (TPSA) is 70.8 Å². The van der Waals surface area contributed by atoms with Crippen molar-refractivity contribution in [2.45, 2.75) is 32.2 Å². The molecule has 1 N–H and O–H groups in total. The quantitative estimate of drug-likeness (QED) is 0.375. The van der Waals surface area contributed by atoms with Gasteiger partial charge in [0.2, 0.25) is 5.88 Å². The zero-order chi connectivity index (χ0) is 23.8. The number of halogens is 1. The van der Waals surface area contributed by atoms with E-state index in [9.17, 15) is 4.79 Å². The Morgan fingerprint density at radius 1 is 1.15 bits per heavy atom. The van der Waals surface area contributed by atoms with Gasteiger partial charge < -0.3 is 24.4 Å². The molecule has 0 bridgehead atoms. The molecule has 0 saturated carbocycles. The second-order valence-corrected chi connectivity index (χ2v) is 8.87. The van der Waals surface area contributed by atoms with Crippen molar-refractivity contribution in [1.29, 1.82) is 0 Å². The highest BCUT2D eigenvalue weighted by Crippen LogP contribution is 2.34. The van der Waals surface area contributed by atoms with Gasteiger partial charge in [-0.05, 0) is 43.9 Å². The summed E-state index contributed by atoms with van der Waals surface area (Å²) in [5.41, 5.74) is 3.32. The van der Waals surface area contributed by atoms with Crippen molar-refractivity contribution in [2.24, 2.45) is 0 Å². The summed E-state index contributed by atoms with van der Waals surface area (Å²) in [6, 6.07) is 16.9. The van der Waals surface area contributed by atoms with Gasteiger partial charge in [-0.2, -0.15) is 0 Å². The average molecular weight is 483 g/mol. The van der Waals surface area contributed by atoms with Gasteiger partial charge in [0, 0.05) is 49.6 Å². The van der Waals surface area contributed by atoms with Crippen LogP contribution in [0, 0.1) is 0 Å². The maximum Gasteiger partial charge on any atom is 0.322 e. The van der Waals surface area contributed by atoms with Crippen LogP contribution in [0.1, 0.15) is 31.2 Å². The molecule has 1 aromatic heterocycles. The van der Waals surface area contributed by atoms with E-state index in [0.717, 1.165) is 48.6 Å². The van der Waals surface area contributed by atoms with E-state index in [0.29, 0.717) is 36.8 Å².